The highest BCUT2D eigenvalue weighted by Gasteiger charge is 2.37. The van der Waals surface area contributed by atoms with Crippen LogP contribution in [0.5, 0.6) is 11.5 Å². The molecule has 190 valence electrons. The largest absolute Gasteiger partial charge is 0.506 e. The summed E-state index contributed by atoms with van der Waals surface area (Å²) in [6.45, 7) is 8.99. The highest BCUT2D eigenvalue weighted by molar-refractivity contribution is 5.94. The van der Waals surface area contributed by atoms with Crippen LogP contribution in [0.3, 0.4) is 0 Å². The maximum absolute atomic E-state index is 13.7. The van der Waals surface area contributed by atoms with Gasteiger partial charge in [-0.3, -0.25) is 4.79 Å². The Labute approximate surface area is 211 Å². The van der Waals surface area contributed by atoms with Crippen LogP contribution < -0.4 is 10.3 Å². The summed E-state index contributed by atoms with van der Waals surface area (Å²) in [7, 11) is 1.21. The van der Waals surface area contributed by atoms with E-state index in [1.807, 2.05) is 43.3 Å². The number of benzene rings is 1. The lowest BCUT2D eigenvalue weighted by Crippen LogP contribution is -2.33. The van der Waals surface area contributed by atoms with E-state index in [0.717, 1.165) is 29.7 Å². The summed E-state index contributed by atoms with van der Waals surface area (Å²) in [6, 6.07) is 11.6. The van der Waals surface area contributed by atoms with Crippen LogP contribution in [0.1, 0.15) is 72.3 Å². The molecule has 1 N–H and O–H groups in total. The maximum Gasteiger partial charge on any atom is 0.347 e. The first-order chi connectivity index (χ1) is 17.3. The first kappa shape index (κ1) is 25.5. The van der Waals surface area contributed by atoms with Crippen LogP contribution in [-0.4, -0.2) is 34.3 Å². The van der Waals surface area contributed by atoms with Crippen LogP contribution in [0.25, 0.3) is 11.4 Å². The van der Waals surface area contributed by atoms with Crippen LogP contribution in [0.15, 0.2) is 41.2 Å². The monoisotopic (exact) mass is 490 g/mol. The number of aromatic hydroxyl groups is 1. The van der Waals surface area contributed by atoms with Gasteiger partial charge in [-0.1, -0.05) is 57.5 Å². The van der Waals surface area contributed by atoms with Crippen molar-refractivity contribution in [1.29, 1.82) is 0 Å². The number of rotatable bonds is 8. The molecule has 1 unspecified atom stereocenters. The molecule has 2 aromatic heterocycles. The highest BCUT2D eigenvalue weighted by Crippen LogP contribution is 2.47. The average molecular weight is 491 g/mol. The Morgan fingerprint density at radius 2 is 1.97 bits per heavy atom. The van der Waals surface area contributed by atoms with Gasteiger partial charge in [0, 0.05) is 5.56 Å². The van der Waals surface area contributed by atoms with Crippen molar-refractivity contribution in [3.8, 4) is 22.9 Å². The molecule has 2 heterocycles. The molecule has 0 saturated carbocycles. The standard InChI is InChI=1S/C29H34N2O5/c1-6-7-13-36-22-15-20-14-21(17(2)3)23-26(25(20)30-18(22)4)31(16-19-11-9-8-10-12-19)28(33)24(27(23)32)29(34)35-5/h8-12,15,17,21,32H,6-7,13-14,16H2,1-5H3. The number of fused-ring (bicyclic) bond motifs is 3. The van der Waals surface area contributed by atoms with Gasteiger partial charge in [0.1, 0.15) is 11.5 Å². The van der Waals surface area contributed by atoms with Gasteiger partial charge in [0.15, 0.2) is 5.56 Å². The molecule has 0 saturated heterocycles. The minimum Gasteiger partial charge on any atom is -0.506 e. The van der Waals surface area contributed by atoms with E-state index >= 15 is 0 Å². The number of esters is 1. The van der Waals surface area contributed by atoms with Gasteiger partial charge in [-0.25, -0.2) is 9.78 Å². The van der Waals surface area contributed by atoms with Crippen molar-refractivity contribution < 1.29 is 19.4 Å². The lowest BCUT2D eigenvalue weighted by Gasteiger charge is -2.33. The molecule has 4 rings (SSSR count). The number of carbonyl (C=O) groups is 1. The van der Waals surface area contributed by atoms with Crippen LogP contribution in [0.2, 0.25) is 0 Å². The van der Waals surface area contributed by atoms with Crippen LogP contribution in [-0.2, 0) is 17.7 Å². The predicted octanol–water partition coefficient (Wildman–Crippen LogP) is 5.23. The zero-order valence-corrected chi connectivity index (χ0v) is 21.6. The van der Waals surface area contributed by atoms with Crippen molar-refractivity contribution >= 4 is 5.97 Å². The molecule has 0 radical (unpaired) electrons. The molecular formula is C29H34N2O5. The fraction of sp³-hybridized carbons (Fsp3) is 0.414. The first-order valence-electron chi connectivity index (χ1n) is 12.5. The number of hydrogen-bond donors (Lipinski definition) is 1. The molecule has 1 atom stereocenters. The van der Waals surface area contributed by atoms with Crippen molar-refractivity contribution in [2.75, 3.05) is 13.7 Å². The molecule has 0 fully saturated rings. The normalized spacial score (nSPS) is 14.3. The summed E-state index contributed by atoms with van der Waals surface area (Å²) in [5, 5.41) is 11.4. The van der Waals surface area contributed by atoms with Crippen LogP contribution >= 0.6 is 0 Å². The van der Waals surface area contributed by atoms with Crippen molar-refractivity contribution in [3.05, 3.63) is 74.7 Å². The van der Waals surface area contributed by atoms with E-state index in [2.05, 4.69) is 20.8 Å². The van der Waals surface area contributed by atoms with E-state index < -0.39 is 11.5 Å². The molecule has 7 nitrogen and oxygen atoms in total. The summed E-state index contributed by atoms with van der Waals surface area (Å²) in [5.41, 5.74) is 3.41. The third kappa shape index (κ3) is 4.62. The number of aromatic nitrogens is 2. The third-order valence-electron chi connectivity index (χ3n) is 6.89. The van der Waals surface area contributed by atoms with Crippen molar-refractivity contribution in [2.24, 2.45) is 5.92 Å². The summed E-state index contributed by atoms with van der Waals surface area (Å²) >= 11 is 0. The third-order valence-corrected chi connectivity index (χ3v) is 6.89. The Kier molecular flexibility index (Phi) is 7.48. The zero-order valence-electron chi connectivity index (χ0n) is 21.6. The van der Waals surface area contributed by atoms with Crippen molar-refractivity contribution in [1.82, 2.24) is 9.55 Å². The van der Waals surface area contributed by atoms with E-state index in [4.69, 9.17) is 14.5 Å². The fourth-order valence-corrected chi connectivity index (χ4v) is 4.91. The number of nitrogens with zero attached hydrogens (tertiary/aromatic N) is 2. The Balaban J connectivity index is 2.02. The minimum absolute atomic E-state index is 0.127. The summed E-state index contributed by atoms with van der Waals surface area (Å²) in [5.74, 6) is -0.425. The Morgan fingerprint density at radius 1 is 1.25 bits per heavy atom. The predicted molar refractivity (Wildman–Crippen MR) is 139 cm³/mol. The van der Waals surface area contributed by atoms with Gasteiger partial charge in [-0.2, -0.15) is 0 Å². The second-order valence-corrected chi connectivity index (χ2v) is 9.69. The van der Waals surface area contributed by atoms with Gasteiger partial charge >= 0.3 is 5.97 Å². The van der Waals surface area contributed by atoms with Crippen molar-refractivity contribution in [2.45, 2.75) is 59.4 Å². The molecule has 0 spiro atoms. The summed E-state index contributed by atoms with van der Waals surface area (Å²) in [4.78, 5) is 31.3. The number of ether oxygens (including phenoxy) is 2. The Morgan fingerprint density at radius 3 is 2.61 bits per heavy atom. The SMILES string of the molecule is CCCCOc1cc2c(nc1C)-c1c(c(O)c(C(=O)OC)c(=O)n1Cc1ccccc1)C(C(C)C)C2. The van der Waals surface area contributed by atoms with Crippen LogP contribution in [0.4, 0.5) is 0 Å². The van der Waals surface area contributed by atoms with Gasteiger partial charge in [0.2, 0.25) is 0 Å². The molecule has 7 heteroatoms. The summed E-state index contributed by atoms with van der Waals surface area (Å²) in [6.07, 6.45) is 2.59. The Hall–Kier alpha value is -3.61. The number of aryl methyl sites for hydroxylation is 1. The number of methoxy groups -OCH3 is 1. The van der Waals surface area contributed by atoms with Gasteiger partial charge in [0.05, 0.1) is 37.3 Å². The number of unbranched alkanes of at least 4 members (excludes halogenated alkanes) is 1. The van der Waals surface area contributed by atoms with Gasteiger partial charge in [-0.05, 0) is 48.8 Å². The van der Waals surface area contributed by atoms with E-state index in [0.29, 0.717) is 35.7 Å². The number of hydrogen-bond acceptors (Lipinski definition) is 6. The molecular weight excluding hydrogens is 456 g/mol. The Bertz CT molecular complexity index is 1330. The molecule has 1 aromatic carbocycles. The molecule has 3 aromatic rings. The zero-order chi connectivity index (χ0) is 26.0. The molecule has 36 heavy (non-hydrogen) atoms. The lowest BCUT2D eigenvalue weighted by atomic mass is 9.76. The molecule has 0 bridgehead atoms. The van der Waals surface area contributed by atoms with Gasteiger partial charge in [0.25, 0.3) is 5.56 Å². The van der Waals surface area contributed by atoms with Gasteiger partial charge in [-0.15, -0.1) is 0 Å². The quantitative estimate of drug-likeness (QED) is 0.343. The van der Waals surface area contributed by atoms with Crippen LogP contribution in [0, 0.1) is 12.8 Å². The molecule has 1 aliphatic rings. The number of carbonyl (C=O) groups excluding carboxylic acids is 1. The average Bonchev–Trinajstić information content (AvgIpc) is 2.86. The number of pyridine rings is 2. The second-order valence-electron chi connectivity index (χ2n) is 9.69. The lowest BCUT2D eigenvalue weighted by molar-refractivity contribution is 0.0594. The smallest absolute Gasteiger partial charge is 0.347 e. The molecule has 0 aliphatic heterocycles. The minimum atomic E-state index is -0.848. The van der Waals surface area contributed by atoms with Gasteiger partial charge < -0.3 is 19.1 Å². The van der Waals surface area contributed by atoms with E-state index in [9.17, 15) is 14.7 Å². The topological polar surface area (TPSA) is 90.7 Å². The second kappa shape index (κ2) is 10.6. The summed E-state index contributed by atoms with van der Waals surface area (Å²) < 4.78 is 12.5. The van der Waals surface area contributed by atoms with E-state index in [1.54, 1.807) is 4.57 Å². The van der Waals surface area contributed by atoms with E-state index in [-0.39, 0.29) is 29.7 Å². The maximum atomic E-state index is 13.7. The van der Waals surface area contributed by atoms with E-state index in [1.165, 1.54) is 7.11 Å². The first-order valence-corrected chi connectivity index (χ1v) is 12.5. The highest BCUT2D eigenvalue weighted by atomic mass is 16.5. The van der Waals surface area contributed by atoms with Crippen molar-refractivity contribution in [3.63, 3.8) is 0 Å². The fourth-order valence-electron chi connectivity index (χ4n) is 4.91. The molecule has 0 amide bonds. The molecule has 1 aliphatic carbocycles.